The summed E-state index contributed by atoms with van der Waals surface area (Å²) in [6.07, 6.45) is 0. The molecule has 0 saturated heterocycles. The van der Waals surface area contributed by atoms with E-state index in [1.165, 1.54) is 0 Å². The van der Waals surface area contributed by atoms with Crippen molar-refractivity contribution in [2.45, 2.75) is 0 Å². The normalized spacial score (nSPS) is 0. The smallest absolute Gasteiger partial charge is 0 e. The van der Waals surface area contributed by atoms with Crippen LogP contribution >= 0.6 is 0 Å². The molecule has 0 N–H and O–H groups in total. The van der Waals surface area contributed by atoms with Crippen LogP contribution in [-0.2, 0) is 94.8 Å². The third kappa shape index (κ3) is 19.4. The van der Waals surface area contributed by atoms with Crippen molar-refractivity contribution >= 4 is 0 Å². The summed E-state index contributed by atoms with van der Waals surface area (Å²) >= 11 is 0. The number of hydrogen-bond acceptors (Lipinski definition) is 0. The van der Waals surface area contributed by atoms with E-state index in [9.17, 15) is 0 Å². The number of hydrogen-bond donors (Lipinski definition) is 0. The van der Waals surface area contributed by atoms with Crippen molar-refractivity contribution in [1.82, 2.24) is 0 Å². The zero-order valence-electron chi connectivity index (χ0n) is 2.01. The van der Waals surface area contributed by atoms with Gasteiger partial charge in [-0.3, -0.25) is 0 Å². The first kappa shape index (κ1) is 43.6. The summed E-state index contributed by atoms with van der Waals surface area (Å²) in [6.45, 7) is 0. The second-order valence-corrected chi connectivity index (χ2v) is 0. The predicted molar refractivity (Wildman–Crippen MR) is 0 cm³/mol. The van der Waals surface area contributed by atoms with Gasteiger partial charge in [-0.05, 0) is 0 Å². The van der Waals surface area contributed by atoms with E-state index in [4.69, 9.17) is 0 Å². The number of rotatable bonds is 0. The summed E-state index contributed by atoms with van der Waals surface area (Å²) in [4.78, 5) is 0. The molecule has 0 fully saturated rings. The molecule has 0 aromatic rings. The minimum Gasteiger partial charge on any atom is 0 e. The van der Waals surface area contributed by atoms with Gasteiger partial charge < -0.3 is 0 Å². The molecule has 2 radical (unpaired) electrons. The Hall–Kier alpha value is 3.00. The van der Waals surface area contributed by atoms with Crippen LogP contribution in [0.3, 0.4) is 0 Å². The Morgan fingerprint density at radius 2 is 1.00 bits per heavy atom. The molecular formula is CoCrMoVW. The van der Waals surface area contributed by atoms with Crippen molar-refractivity contribution < 1.29 is 94.8 Å². The van der Waals surface area contributed by atoms with Gasteiger partial charge in [0.25, 0.3) is 0 Å². The van der Waals surface area contributed by atoms with Gasteiger partial charge >= 0.3 is 0 Å². The maximum atomic E-state index is 0. The Morgan fingerprint density at radius 1 is 1.00 bits per heavy atom. The molecule has 5 heteroatoms. The molecule has 0 bridgehead atoms. The molecule has 0 aliphatic rings. The maximum absolute atomic E-state index is 0. The molecule has 0 saturated carbocycles. The van der Waals surface area contributed by atoms with Crippen molar-refractivity contribution in [3.63, 3.8) is 0 Å². The van der Waals surface area contributed by atoms with Crippen molar-refractivity contribution in [3.05, 3.63) is 0 Å². The first-order valence-corrected chi connectivity index (χ1v) is 0. The van der Waals surface area contributed by atoms with Crippen molar-refractivity contribution in [2.24, 2.45) is 0 Å². The zero-order valence-corrected chi connectivity index (χ0v) is 10.7. The van der Waals surface area contributed by atoms with E-state index in [1.807, 2.05) is 0 Å². The van der Waals surface area contributed by atoms with E-state index in [0.717, 1.165) is 0 Å². The van der Waals surface area contributed by atoms with E-state index < -0.39 is 0 Å². The minimum absolute atomic E-state index is 0. The Labute approximate surface area is 93.3 Å². The van der Waals surface area contributed by atoms with E-state index in [2.05, 4.69) is 0 Å². The molecule has 5 heavy (non-hydrogen) atoms. The second kappa shape index (κ2) is 28.0. The van der Waals surface area contributed by atoms with Gasteiger partial charge in [-0.1, -0.05) is 0 Å². The van der Waals surface area contributed by atoms with Gasteiger partial charge in [0, 0.05) is 94.8 Å². The standard InChI is InChI=1S/Co.Cr.Mo.V.W. The summed E-state index contributed by atoms with van der Waals surface area (Å²) in [5.74, 6) is 0. The van der Waals surface area contributed by atoms with Gasteiger partial charge in [-0.2, -0.15) is 0 Å². The van der Waals surface area contributed by atoms with Crippen LogP contribution in [0.25, 0.3) is 0 Å². The molecule has 0 aromatic heterocycles. The average molecular weight is 442 g/mol. The minimum atomic E-state index is 0. The third-order valence-electron chi connectivity index (χ3n) is 0. The Morgan fingerprint density at radius 3 is 1.00 bits per heavy atom. The third-order valence-corrected chi connectivity index (χ3v) is 0. The fourth-order valence-corrected chi connectivity index (χ4v) is 0. The Kier molecular flexibility index (Phi) is 244. The van der Waals surface area contributed by atoms with Crippen LogP contribution < -0.4 is 0 Å². The van der Waals surface area contributed by atoms with Crippen LogP contribution in [0.2, 0.25) is 0 Å². The average Bonchev–Trinajstić information content (AvgIpc) is 0. The first-order chi connectivity index (χ1) is 0. The molecule has 0 amide bonds. The molecule has 0 aliphatic heterocycles. The van der Waals surface area contributed by atoms with Gasteiger partial charge in [0.15, 0.2) is 0 Å². The van der Waals surface area contributed by atoms with E-state index in [1.54, 1.807) is 0 Å². The fourth-order valence-electron chi connectivity index (χ4n) is 0. The van der Waals surface area contributed by atoms with Crippen molar-refractivity contribution in [1.29, 1.82) is 0 Å². The van der Waals surface area contributed by atoms with Crippen LogP contribution in [0.15, 0.2) is 0 Å². The summed E-state index contributed by atoms with van der Waals surface area (Å²) in [5.41, 5.74) is 0. The Bertz CT molecular complexity index is 11.6. The molecule has 0 spiro atoms. The Balaban J connectivity index is 0. The van der Waals surface area contributed by atoms with Gasteiger partial charge in [0.05, 0.1) is 0 Å². The van der Waals surface area contributed by atoms with Crippen LogP contribution in [0.1, 0.15) is 0 Å². The molecule has 0 nitrogen and oxygen atoms in total. The molecule has 0 atom stereocenters. The van der Waals surface area contributed by atoms with Gasteiger partial charge in [0.1, 0.15) is 0 Å². The largest absolute Gasteiger partial charge is 0 e. The van der Waals surface area contributed by atoms with Crippen LogP contribution in [0.5, 0.6) is 0 Å². The molecular weight excluding hydrogens is 442 g/mol. The van der Waals surface area contributed by atoms with Crippen molar-refractivity contribution in [2.75, 3.05) is 0 Å². The molecule has 0 rings (SSSR count). The van der Waals surface area contributed by atoms with Crippen LogP contribution in [0, 0.1) is 0 Å². The SMILES string of the molecule is [Co].[Cr].[Mo].[V].[W]. The second-order valence-electron chi connectivity index (χ2n) is 0. The molecule has 0 aromatic carbocycles. The van der Waals surface area contributed by atoms with Gasteiger partial charge in [0.2, 0.25) is 0 Å². The predicted octanol–water partition coefficient (Wildman–Crippen LogP) is -0.0125. The van der Waals surface area contributed by atoms with Gasteiger partial charge in [-0.25, -0.2) is 0 Å². The molecule has 0 unspecified atom stereocenters. The fraction of sp³-hybridized carbons (Fsp3) is 0. The molecule has 0 heterocycles. The maximum Gasteiger partial charge on any atom is 0 e. The molecule has 0 aliphatic carbocycles. The van der Waals surface area contributed by atoms with Crippen molar-refractivity contribution in [3.8, 4) is 0 Å². The quantitative estimate of drug-likeness (QED) is 0.464. The summed E-state index contributed by atoms with van der Waals surface area (Å²) in [6, 6.07) is 0. The van der Waals surface area contributed by atoms with Gasteiger partial charge in [-0.15, -0.1) is 0 Å². The van der Waals surface area contributed by atoms with Crippen LogP contribution in [0.4, 0.5) is 0 Å². The van der Waals surface area contributed by atoms with Crippen LogP contribution in [-0.4, -0.2) is 0 Å². The van der Waals surface area contributed by atoms with E-state index in [-0.39, 0.29) is 94.8 Å². The van der Waals surface area contributed by atoms with E-state index >= 15 is 0 Å². The topological polar surface area (TPSA) is 0 Å². The monoisotopic (exact) mass is 444 g/mol. The van der Waals surface area contributed by atoms with E-state index in [0.29, 0.717) is 0 Å². The first-order valence-electron chi connectivity index (χ1n) is 0. The zero-order chi connectivity index (χ0) is 0. The summed E-state index contributed by atoms with van der Waals surface area (Å²) < 4.78 is 0. The summed E-state index contributed by atoms with van der Waals surface area (Å²) in [5, 5.41) is 0. The summed E-state index contributed by atoms with van der Waals surface area (Å²) in [7, 11) is 0. The molecule has 32 valence electrons.